The fourth-order valence-electron chi connectivity index (χ4n) is 1.91. The number of nitrogens with zero attached hydrogens (tertiary/aromatic N) is 1. The second-order valence-corrected chi connectivity index (χ2v) is 4.90. The number of amides is 1. The van der Waals surface area contributed by atoms with Gasteiger partial charge in [-0.2, -0.15) is 0 Å². The van der Waals surface area contributed by atoms with Gasteiger partial charge in [-0.15, -0.1) is 12.4 Å². The molecule has 1 aromatic rings. The van der Waals surface area contributed by atoms with Gasteiger partial charge in [0, 0.05) is 20.3 Å². The van der Waals surface area contributed by atoms with Crippen molar-refractivity contribution in [2.45, 2.75) is 19.3 Å². The Balaban J connectivity index is 0.00000180. The number of hydrogen-bond donors (Lipinski definition) is 2. The van der Waals surface area contributed by atoms with Gasteiger partial charge in [-0.25, -0.2) is 4.98 Å². The van der Waals surface area contributed by atoms with Gasteiger partial charge in [-0.3, -0.25) is 4.79 Å². The van der Waals surface area contributed by atoms with Crippen molar-refractivity contribution in [2.24, 2.45) is 5.41 Å². The summed E-state index contributed by atoms with van der Waals surface area (Å²) in [6, 6.07) is 3.32. The molecule has 1 amide bonds. The number of halogens is 1. The number of rotatable bonds is 6. The Hall–Kier alpha value is -1.33. The van der Waals surface area contributed by atoms with Crippen LogP contribution in [-0.4, -0.2) is 31.2 Å². The first-order chi connectivity index (χ1) is 8.65. The molecule has 0 bridgehead atoms. The second-order valence-electron chi connectivity index (χ2n) is 4.90. The van der Waals surface area contributed by atoms with Crippen LogP contribution in [-0.2, 0) is 4.74 Å². The topological polar surface area (TPSA) is 77.2 Å². The van der Waals surface area contributed by atoms with E-state index in [1.165, 1.54) is 6.20 Å². The molecule has 1 saturated carbocycles. The molecule has 3 N–H and O–H groups in total. The summed E-state index contributed by atoms with van der Waals surface area (Å²) in [5.74, 6) is -0.140. The maximum absolute atomic E-state index is 11.9. The Morgan fingerprint density at radius 3 is 2.79 bits per heavy atom. The Kier molecular flexibility index (Phi) is 5.57. The van der Waals surface area contributed by atoms with Crippen molar-refractivity contribution in [2.75, 3.05) is 26.0 Å². The van der Waals surface area contributed by atoms with E-state index in [1.54, 1.807) is 19.2 Å². The van der Waals surface area contributed by atoms with Crippen LogP contribution < -0.4 is 11.1 Å². The minimum absolute atomic E-state index is 0. The number of ether oxygens (including phenoxy) is 1. The molecule has 1 fully saturated rings. The molecule has 0 aliphatic heterocycles. The Bertz CT molecular complexity index is 418. The summed E-state index contributed by atoms with van der Waals surface area (Å²) in [7, 11) is 1.70. The molecular formula is C13H20ClN3O2. The lowest BCUT2D eigenvalue weighted by atomic mass is 10.0. The summed E-state index contributed by atoms with van der Waals surface area (Å²) in [6.07, 6.45) is 4.81. The standard InChI is InChI=1S/C13H19N3O2.ClH/c1-18-7-6-13(4-5-13)9-16-12(17)11-3-2-10(14)8-15-11;/h2-3,8H,4-7,9,14H2,1H3,(H,16,17);1H. The first kappa shape index (κ1) is 15.7. The Labute approximate surface area is 119 Å². The number of methoxy groups -OCH3 is 1. The van der Waals surface area contributed by atoms with Crippen molar-refractivity contribution in [3.8, 4) is 0 Å². The summed E-state index contributed by atoms with van der Waals surface area (Å²) >= 11 is 0. The molecule has 1 aliphatic carbocycles. The number of pyridine rings is 1. The summed E-state index contributed by atoms with van der Waals surface area (Å²) in [5.41, 5.74) is 6.75. The average Bonchev–Trinajstić information content (AvgIpc) is 3.15. The first-order valence-electron chi connectivity index (χ1n) is 6.14. The van der Waals surface area contributed by atoms with E-state index in [9.17, 15) is 4.79 Å². The van der Waals surface area contributed by atoms with E-state index in [-0.39, 0.29) is 23.7 Å². The Morgan fingerprint density at radius 1 is 1.53 bits per heavy atom. The third kappa shape index (κ3) is 4.36. The molecule has 0 unspecified atom stereocenters. The van der Waals surface area contributed by atoms with E-state index in [4.69, 9.17) is 10.5 Å². The smallest absolute Gasteiger partial charge is 0.269 e. The van der Waals surface area contributed by atoms with Gasteiger partial charge >= 0.3 is 0 Å². The van der Waals surface area contributed by atoms with Crippen LogP contribution >= 0.6 is 12.4 Å². The molecular weight excluding hydrogens is 266 g/mol. The van der Waals surface area contributed by atoms with E-state index in [2.05, 4.69) is 10.3 Å². The molecule has 1 heterocycles. The number of carbonyl (C=O) groups excluding carboxylic acids is 1. The lowest BCUT2D eigenvalue weighted by Crippen LogP contribution is -2.31. The lowest BCUT2D eigenvalue weighted by Gasteiger charge is -2.15. The minimum Gasteiger partial charge on any atom is -0.397 e. The first-order valence-corrected chi connectivity index (χ1v) is 6.14. The van der Waals surface area contributed by atoms with Gasteiger partial charge in [-0.1, -0.05) is 0 Å². The highest BCUT2D eigenvalue weighted by Crippen LogP contribution is 2.48. The number of aromatic nitrogens is 1. The van der Waals surface area contributed by atoms with E-state index in [0.717, 1.165) is 25.9 Å². The van der Waals surface area contributed by atoms with Gasteiger partial charge in [0.1, 0.15) is 5.69 Å². The van der Waals surface area contributed by atoms with Crippen molar-refractivity contribution in [3.05, 3.63) is 24.0 Å². The van der Waals surface area contributed by atoms with Crippen molar-refractivity contribution in [3.63, 3.8) is 0 Å². The number of nitrogens with one attached hydrogen (secondary N) is 1. The molecule has 2 rings (SSSR count). The highest BCUT2D eigenvalue weighted by Gasteiger charge is 2.42. The molecule has 106 valence electrons. The third-order valence-corrected chi connectivity index (χ3v) is 3.44. The van der Waals surface area contributed by atoms with Gasteiger partial charge in [0.15, 0.2) is 0 Å². The van der Waals surface area contributed by atoms with Crippen LogP contribution in [0.3, 0.4) is 0 Å². The van der Waals surface area contributed by atoms with Crippen LogP contribution in [0.15, 0.2) is 18.3 Å². The minimum atomic E-state index is -0.140. The van der Waals surface area contributed by atoms with Crippen molar-refractivity contribution < 1.29 is 9.53 Å². The Morgan fingerprint density at radius 2 is 2.26 bits per heavy atom. The fraction of sp³-hybridized carbons (Fsp3) is 0.538. The van der Waals surface area contributed by atoms with Crippen LogP contribution in [0.4, 0.5) is 5.69 Å². The van der Waals surface area contributed by atoms with E-state index in [1.807, 2.05) is 0 Å². The molecule has 0 saturated heterocycles. The molecule has 1 aromatic heterocycles. The molecule has 6 heteroatoms. The SMILES string of the molecule is COCCC1(CNC(=O)c2ccc(N)cn2)CC1.Cl. The maximum Gasteiger partial charge on any atom is 0.269 e. The van der Waals surface area contributed by atoms with Crippen LogP contribution in [0.25, 0.3) is 0 Å². The number of anilines is 1. The monoisotopic (exact) mass is 285 g/mol. The highest BCUT2D eigenvalue weighted by molar-refractivity contribution is 5.92. The summed E-state index contributed by atoms with van der Waals surface area (Å²) in [6.45, 7) is 1.44. The summed E-state index contributed by atoms with van der Waals surface area (Å²) in [4.78, 5) is 15.9. The number of nitrogens with two attached hydrogens (primary N) is 1. The quantitative estimate of drug-likeness (QED) is 0.833. The van der Waals surface area contributed by atoms with Crippen molar-refractivity contribution in [1.29, 1.82) is 0 Å². The number of hydrogen-bond acceptors (Lipinski definition) is 4. The molecule has 0 radical (unpaired) electrons. The van der Waals surface area contributed by atoms with Gasteiger partial charge < -0.3 is 15.8 Å². The van der Waals surface area contributed by atoms with Gasteiger partial charge in [0.25, 0.3) is 5.91 Å². The van der Waals surface area contributed by atoms with E-state index < -0.39 is 0 Å². The zero-order valence-electron chi connectivity index (χ0n) is 11.0. The molecule has 0 aromatic carbocycles. The highest BCUT2D eigenvalue weighted by atomic mass is 35.5. The van der Waals surface area contributed by atoms with Gasteiger partial charge in [0.2, 0.25) is 0 Å². The zero-order valence-corrected chi connectivity index (χ0v) is 11.8. The fourth-order valence-corrected chi connectivity index (χ4v) is 1.91. The normalized spacial score (nSPS) is 15.4. The predicted molar refractivity (Wildman–Crippen MR) is 76.4 cm³/mol. The molecule has 0 spiro atoms. The molecule has 19 heavy (non-hydrogen) atoms. The van der Waals surface area contributed by atoms with Crippen molar-refractivity contribution in [1.82, 2.24) is 10.3 Å². The van der Waals surface area contributed by atoms with Crippen LogP contribution in [0.2, 0.25) is 0 Å². The molecule has 0 atom stereocenters. The largest absolute Gasteiger partial charge is 0.397 e. The second kappa shape index (κ2) is 6.73. The number of nitrogen functional groups attached to an aromatic ring is 1. The molecule has 5 nitrogen and oxygen atoms in total. The summed E-state index contributed by atoms with van der Waals surface area (Å²) in [5, 5.41) is 2.93. The van der Waals surface area contributed by atoms with Crippen LogP contribution in [0.5, 0.6) is 0 Å². The van der Waals surface area contributed by atoms with E-state index in [0.29, 0.717) is 17.9 Å². The lowest BCUT2D eigenvalue weighted by molar-refractivity contribution is 0.0933. The predicted octanol–water partition coefficient (Wildman–Crippen LogP) is 1.63. The van der Waals surface area contributed by atoms with Gasteiger partial charge in [0.05, 0.1) is 11.9 Å². The van der Waals surface area contributed by atoms with Crippen LogP contribution in [0, 0.1) is 5.41 Å². The zero-order chi connectivity index (χ0) is 13.0. The average molecular weight is 286 g/mol. The van der Waals surface area contributed by atoms with Crippen molar-refractivity contribution >= 4 is 24.0 Å². The van der Waals surface area contributed by atoms with Crippen LogP contribution in [0.1, 0.15) is 29.8 Å². The summed E-state index contributed by atoms with van der Waals surface area (Å²) < 4.78 is 5.08. The van der Waals surface area contributed by atoms with Gasteiger partial charge in [-0.05, 0) is 36.8 Å². The molecule has 1 aliphatic rings. The maximum atomic E-state index is 11.9. The van der Waals surface area contributed by atoms with E-state index >= 15 is 0 Å². The third-order valence-electron chi connectivity index (χ3n) is 3.44. The number of carbonyl (C=O) groups is 1.